The molecular formula is C41H30O19. The molecule has 3 aromatic rings. The monoisotopic (exact) mass is 826 g/mol. The van der Waals surface area contributed by atoms with E-state index in [2.05, 4.69) is 18.3 Å². The second-order valence-corrected chi connectivity index (χ2v) is 18.0. The Hall–Kier alpha value is -6.27. The van der Waals surface area contributed by atoms with Crippen molar-refractivity contribution < 1.29 is 70.9 Å². The molecule has 0 amide bonds. The maximum absolute atomic E-state index is 14.0. The van der Waals surface area contributed by atoms with Crippen molar-refractivity contribution in [2.75, 3.05) is 0 Å². The molecule has 6 saturated carbocycles. The third-order valence-electron chi connectivity index (χ3n) is 15.9. The minimum absolute atomic E-state index is 0.0181. The van der Waals surface area contributed by atoms with Gasteiger partial charge in [-0.25, -0.2) is 19.2 Å². The number of Topliss-reactive ketones (excluding diaryl/α,β-unsaturated/α-hetero) is 1. The van der Waals surface area contributed by atoms with Gasteiger partial charge >= 0.3 is 70.3 Å². The number of benzene rings is 1. The summed E-state index contributed by atoms with van der Waals surface area (Å²) in [6.07, 6.45) is 4.64. The fourth-order valence-corrected chi connectivity index (χ4v) is 13.6. The lowest BCUT2D eigenvalue weighted by Gasteiger charge is -2.41. The highest BCUT2D eigenvalue weighted by Gasteiger charge is 2.78. The highest BCUT2D eigenvalue weighted by atomic mass is 16.6. The molecule has 4 aliphatic heterocycles. The largest absolute Gasteiger partial charge is 0.393 e. The van der Waals surface area contributed by atoms with Crippen LogP contribution in [0, 0.1) is 81.8 Å². The zero-order chi connectivity index (χ0) is 42.1. The van der Waals surface area contributed by atoms with E-state index in [0.29, 0.717) is 12.8 Å². The van der Waals surface area contributed by atoms with Gasteiger partial charge in [-0.15, -0.1) is 0 Å². The van der Waals surface area contributed by atoms with E-state index in [1.54, 1.807) is 0 Å². The Kier molecular flexibility index (Phi) is 7.32. The van der Waals surface area contributed by atoms with E-state index in [-0.39, 0.29) is 75.7 Å². The lowest BCUT2D eigenvalue weighted by atomic mass is 9.58. The van der Waals surface area contributed by atoms with E-state index in [9.17, 15) is 62.3 Å². The van der Waals surface area contributed by atoms with Crippen LogP contribution in [0.5, 0.6) is 0 Å². The summed E-state index contributed by atoms with van der Waals surface area (Å²) in [6.45, 7) is 0. The molecule has 14 atom stereocenters. The van der Waals surface area contributed by atoms with Gasteiger partial charge in [-0.2, -0.15) is 0 Å². The van der Waals surface area contributed by atoms with Gasteiger partial charge in [0.05, 0.1) is 68.9 Å². The molecule has 0 radical (unpaired) electrons. The predicted octanol–water partition coefficient (Wildman–Crippen LogP) is -0.0595. The predicted molar refractivity (Wildman–Crippen MR) is 187 cm³/mol. The van der Waals surface area contributed by atoms with Crippen LogP contribution in [0.25, 0.3) is 21.5 Å². The first kappa shape index (κ1) is 36.8. The molecule has 19 heteroatoms. The summed E-state index contributed by atoms with van der Waals surface area (Å²) in [5.74, 6) is -7.92. The van der Waals surface area contributed by atoms with Crippen molar-refractivity contribution in [3.05, 3.63) is 53.8 Å². The van der Waals surface area contributed by atoms with Crippen molar-refractivity contribution in [2.45, 2.75) is 51.4 Å². The average molecular weight is 827 g/mol. The topological polar surface area (TPSA) is 285 Å². The second kappa shape index (κ2) is 11.9. The van der Waals surface area contributed by atoms with Crippen LogP contribution in [-0.4, -0.2) is 53.5 Å². The molecule has 6 heterocycles. The number of esters is 8. The van der Waals surface area contributed by atoms with Crippen molar-refractivity contribution in [1.82, 2.24) is 0 Å². The van der Waals surface area contributed by atoms with Crippen molar-refractivity contribution in [2.24, 2.45) is 81.8 Å². The molecule has 14 unspecified atom stereocenters. The van der Waals surface area contributed by atoms with E-state index in [0.717, 1.165) is 37.8 Å². The van der Waals surface area contributed by atoms with Crippen molar-refractivity contribution in [3.8, 4) is 0 Å². The summed E-state index contributed by atoms with van der Waals surface area (Å²) in [5, 5.41) is -0.0726. The van der Waals surface area contributed by atoms with Crippen LogP contribution in [0.3, 0.4) is 0 Å². The number of rotatable bonds is 0. The summed E-state index contributed by atoms with van der Waals surface area (Å²) >= 11 is 0. The summed E-state index contributed by atoms with van der Waals surface area (Å²) in [5.41, 5.74) is -4.40. The summed E-state index contributed by atoms with van der Waals surface area (Å²) in [7, 11) is 0. The Morgan fingerprint density at radius 3 is 1.02 bits per heavy atom. The first-order chi connectivity index (χ1) is 28.5. The SMILES string of the molecule is O=C1OC(=O)C2C1C1CC2C2(CCC3(CC4CC3C3C(=O)OC(=O)C43)C2=O)C1.O=C1OC(=O)C2CC3C(=O)OC(=O)C3CC12.O=c1oc(=O)c2cc3c(=O)oc(=O)c3cc12. The number of cyclic esters (lactones) is 8. The van der Waals surface area contributed by atoms with Gasteiger partial charge in [-0.1, -0.05) is 0 Å². The quantitative estimate of drug-likeness (QED) is 0.163. The number of carbonyl (C=O) groups is 9. The third kappa shape index (κ3) is 4.57. The highest BCUT2D eigenvalue weighted by molar-refractivity contribution is 6.04. The number of hydrogen-bond acceptors (Lipinski definition) is 19. The molecule has 10 fully saturated rings. The lowest BCUT2D eigenvalue weighted by Crippen LogP contribution is -2.48. The van der Waals surface area contributed by atoms with Gasteiger partial charge in [0.25, 0.3) is 0 Å². The molecule has 6 aliphatic carbocycles. The molecule has 13 rings (SSSR count). The van der Waals surface area contributed by atoms with Crippen LogP contribution in [-0.2, 0) is 62.1 Å². The van der Waals surface area contributed by atoms with Gasteiger partial charge in [0.1, 0.15) is 5.78 Å². The van der Waals surface area contributed by atoms with E-state index < -0.39 is 117 Å². The van der Waals surface area contributed by atoms with Crippen LogP contribution >= 0.6 is 0 Å². The van der Waals surface area contributed by atoms with Crippen molar-refractivity contribution >= 4 is 75.1 Å². The number of carbonyl (C=O) groups excluding carboxylic acids is 9. The Morgan fingerprint density at radius 2 is 0.683 bits per heavy atom. The molecule has 2 aromatic heterocycles. The maximum Gasteiger partial charge on any atom is 0.346 e. The Bertz CT molecular complexity index is 2560. The summed E-state index contributed by atoms with van der Waals surface area (Å²) in [6, 6.07) is 2.29. The third-order valence-corrected chi connectivity index (χ3v) is 15.9. The summed E-state index contributed by atoms with van der Waals surface area (Å²) < 4.78 is 27.5. The second-order valence-electron chi connectivity index (χ2n) is 18.0. The molecule has 1 aromatic carbocycles. The summed E-state index contributed by atoms with van der Waals surface area (Å²) in [4.78, 5) is 153. The highest BCUT2D eigenvalue weighted by Crippen LogP contribution is 2.75. The minimum Gasteiger partial charge on any atom is -0.393 e. The number of ketones is 1. The van der Waals surface area contributed by atoms with Crippen LogP contribution in [0.15, 0.2) is 40.1 Å². The Balaban J connectivity index is 0.000000110. The van der Waals surface area contributed by atoms with Crippen LogP contribution in [0.2, 0.25) is 0 Å². The Labute approximate surface area is 332 Å². The van der Waals surface area contributed by atoms with Crippen LogP contribution in [0.1, 0.15) is 51.4 Å². The van der Waals surface area contributed by atoms with Crippen molar-refractivity contribution in [1.29, 1.82) is 0 Å². The minimum atomic E-state index is -0.824. The van der Waals surface area contributed by atoms with Gasteiger partial charge in [0.15, 0.2) is 0 Å². The standard InChI is InChI=1S/C21H20O7.C10H8O6.C10H2O6/c22-15-11-7-3-9(13(11)17(24)27-15)20(5-7)1-2-21(19(20)26)6-8-4-10(21)14-12(8)16(23)28-18(14)25;2*11-7-3-1-4-6(10(14)16-8(4)12)2-5(3)9(13)15-7/h7-14H,1-6H2;3-6H,1-2H2;1-2H. The van der Waals surface area contributed by atoms with Gasteiger partial charge in [-0.3, -0.25) is 43.2 Å². The van der Waals surface area contributed by atoms with Gasteiger partial charge < -0.3 is 27.8 Å². The fraction of sp³-hybridized carbons (Fsp3) is 0.537. The maximum atomic E-state index is 14.0. The molecular weight excluding hydrogens is 796 g/mol. The molecule has 4 saturated heterocycles. The first-order valence-electron chi connectivity index (χ1n) is 19.8. The fourth-order valence-electron chi connectivity index (χ4n) is 13.6. The molecule has 19 nitrogen and oxygen atoms in total. The molecule has 2 spiro atoms. The van der Waals surface area contributed by atoms with Crippen LogP contribution in [0.4, 0.5) is 0 Å². The van der Waals surface area contributed by atoms with E-state index in [1.807, 2.05) is 0 Å². The van der Waals surface area contributed by atoms with Crippen LogP contribution < -0.4 is 22.5 Å². The molecule has 308 valence electrons. The zero-order valence-electron chi connectivity index (χ0n) is 31.0. The van der Waals surface area contributed by atoms with E-state index in [4.69, 9.17) is 9.47 Å². The van der Waals surface area contributed by atoms with E-state index >= 15 is 0 Å². The molecule has 60 heavy (non-hydrogen) atoms. The van der Waals surface area contributed by atoms with Gasteiger partial charge in [-0.05, 0) is 87.2 Å². The van der Waals surface area contributed by atoms with Crippen molar-refractivity contribution in [3.63, 3.8) is 0 Å². The Morgan fingerprint density at radius 1 is 0.383 bits per heavy atom. The number of hydrogen-bond donors (Lipinski definition) is 0. The number of ether oxygens (including phenoxy) is 4. The van der Waals surface area contributed by atoms with Gasteiger partial charge in [0.2, 0.25) is 0 Å². The first-order valence-corrected chi connectivity index (χ1v) is 19.8. The molecule has 4 bridgehead atoms. The molecule has 0 N–H and O–H groups in total. The van der Waals surface area contributed by atoms with Gasteiger partial charge in [0, 0.05) is 10.8 Å². The number of fused-ring (bicyclic) bond motifs is 16. The lowest BCUT2D eigenvalue weighted by molar-refractivity contribution is -0.157. The average Bonchev–Trinajstić information content (AvgIpc) is 4.10. The zero-order valence-corrected chi connectivity index (χ0v) is 31.0. The smallest absolute Gasteiger partial charge is 0.346 e. The normalized spacial score (nSPS) is 41.0. The molecule has 10 aliphatic rings. The van der Waals surface area contributed by atoms with E-state index in [1.165, 1.54) is 0 Å². The number of furan rings is 2.